The normalized spacial score (nSPS) is 12.2. The molecule has 0 heterocycles. The minimum atomic E-state index is 0.479. The van der Waals surface area contributed by atoms with Gasteiger partial charge in [0.25, 0.3) is 0 Å². The third-order valence-corrected chi connectivity index (χ3v) is 1.63. The number of carbonyl (C=O) groups is 1. The monoisotopic (exact) mass is 158 g/mol. The Kier molecular flexibility index (Phi) is 5.40. The van der Waals surface area contributed by atoms with Crippen molar-refractivity contribution in [1.82, 2.24) is 0 Å². The number of allylic oxidation sites excluding steroid dienone is 1. The van der Waals surface area contributed by atoms with Crippen molar-refractivity contribution in [3.8, 4) is 0 Å². The van der Waals surface area contributed by atoms with Crippen molar-refractivity contribution in [2.24, 2.45) is 5.92 Å². The number of thioether (sulfide) groups is 1. The topological polar surface area (TPSA) is 17.1 Å². The summed E-state index contributed by atoms with van der Waals surface area (Å²) in [4.78, 5) is 10.3. The summed E-state index contributed by atoms with van der Waals surface area (Å²) in [5.74, 6) is 1.31. The van der Waals surface area contributed by atoms with Crippen LogP contribution in [0.15, 0.2) is 11.6 Å². The van der Waals surface area contributed by atoms with Gasteiger partial charge in [-0.2, -0.15) is 11.8 Å². The summed E-state index contributed by atoms with van der Waals surface area (Å²) < 4.78 is 0. The van der Waals surface area contributed by atoms with Crippen molar-refractivity contribution < 1.29 is 4.79 Å². The molecular formula is C8H14OS. The average molecular weight is 158 g/mol. The van der Waals surface area contributed by atoms with E-state index in [1.807, 2.05) is 12.3 Å². The number of hydrogen-bond acceptors (Lipinski definition) is 2. The fourth-order valence-corrected chi connectivity index (χ4v) is 1.21. The van der Waals surface area contributed by atoms with Crippen LogP contribution in [-0.4, -0.2) is 18.3 Å². The fourth-order valence-electron chi connectivity index (χ4n) is 0.716. The molecule has 0 aromatic rings. The summed E-state index contributed by atoms with van der Waals surface area (Å²) >= 11 is 1.68. The van der Waals surface area contributed by atoms with E-state index in [0.29, 0.717) is 5.92 Å². The highest BCUT2D eigenvalue weighted by molar-refractivity contribution is 7.98. The minimum absolute atomic E-state index is 0.479. The molecule has 0 bridgehead atoms. The lowest BCUT2D eigenvalue weighted by Crippen LogP contribution is -1.91. The van der Waals surface area contributed by atoms with E-state index in [0.717, 1.165) is 17.6 Å². The van der Waals surface area contributed by atoms with E-state index in [1.165, 1.54) is 0 Å². The van der Waals surface area contributed by atoms with Crippen LogP contribution < -0.4 is 0 Å². The Morgan fingerprint density at radius 3 is 2.50 bits per heavy atom. The van der Waals surface area contributed by atoms with Gasteiger partial charge in [0.15, 0.2) is 0 Å². The molecule has 0 rings (SSSR count). The molecule has 0 aliphatic rings. The van der Waals surface area contributed by atoms with Gasteiger partial charge < -0.3 is 0 Å². The zero-order chi connectivity index (χ0) is 7.98. The smallest absolute Gasteiger partial charge is 0.146 e. The van der Waals surface area contributed by atoms with Gasteiger partial charge in [-0.25, -0.2) is 0 Å². The van der Waals surface area contributed by atoms with E-state index in [-0.39, 0.29) is 0 Å². The number of aldehydes is 1. The fraction of sp³-hybridized carbons (Fsp3) is 0.625. The van der Waals surface area contributed by atoms with E-state index in [1.54, 1.807) is 11.8 Å². The predicted molar refractivity (Wildman–Crippen MR) is 47.4 cm³/mol. The highest BCUT2D eigenvalue weighted by atomic mass is 32.2. The first-order valence-corrected chi connectivity index (χ1v) is 4.75. The highest BCUT2D eigenvalue weighted by Crippen LogP contribution is 2.05. The Morgan fingerprint density at radius 2 is 2.20 bits per heavy atom. The van der Waals surface area contributed by atoms with Crippen LogP contribution in [0, 0.1) is 5.92 Å². The van der Waals surface area contributed by atoms with Gasteiger partial charge >= 0.3 is 0 Å². The molecule has 0 fully saturated rings. The molecule has 0 atom stereocenters. The molecule has 0 spiro atoms. The van der Waals surface area contributed by atoms with Gasteiger partial charge in [-0.05, 0) is 17.7 Å². The lowest BCUT2D eigenvalue weighted by molar-refractivity contribution is -0.104. The predicted octanol–water partition coefficient (Wildman–Crippen LogP) is 2.13. The minimum Gasteiger partial charge on any atom is -0.298 e. The molecule has 0 aromatic carbocycles. The van der Waals surface area contributed by atoms with Crippen molar-refractivity contribution in [3.63, 3.8) is 0 Å². The average Bonchev–Trinajstić information content (AvgIpc) is 1.86. The van der Waals surface area contributed by atoms with Gasteiger partial charge in [0.1, 0.15) is 6.29 Å². The molecule has 0 N–H and O–H groups in total. The summed E-state index contributed by atoms with van der Waals surface area (Å²) in [5, 5.41) is 0. The van der Waals surface area contributed by atoms with Gasteiger partial charge in [0, 0.05) is 5.75 Å². The summed E-state index contributed by atoms with van der Waals surface area (Å²) in [6.45, 7) is 4.15. The van der Waals surface area contributed by atoms with Crippen LogP contribution >= 0.6 is 11.8 Å². The van der Waals surface area contributed by atoms with Crippen molar-refractivity contribution >= 4 is 18.0 Å². The zero-order valence-electron chi connectivity index (χ0n) is 6.76. The van der Waals surface area contributed by atoms with E-state index in [4.69, 9.17) is 0 Å². The molecule has 0 unspecified atom stereocenters. The largest absolute Gasteiger partial charge is 0.298 e. The second-order valence-corrected chi connectivity index (χ2v) is 3.40. The Morgan fingerprint density at radius 1 is 1.60 bits per heavy atom. The van der Waals surface area contributed by atoms with Crippen molar-refractivity contribution in [2.75, 3.05) is 12.0 Å². The molecule has 0 radical (unpaired) electrons. The van der Waals surface area contributed by atoms with Gasteiger partial charge in [0.05, 0.1) is 0 Å². The Bertz CT molecular complexity index is 127. The molecule has 0 saturated heterocycles. The van der Waals surface area contributed by atoms with Crippen LogP contribution in [0.3, 0.4) is 0 Å². The van der Waals surface area contributed by atoms with E-state index >= 15 is 0 Å². The van der Waals surface area contributed by atoms with Gasteiger partial charge in [-0.3, -0.25) is 4.79 Å². The second-order valence-electron chi connectivity index (χ2n) is 2.54. The first-order chi connectivity index (χ1) is 4.70. The zero-order valence-corrected chi connectivity index (χ0v) is 7.57. The van der Waals surface area contributed by atoms with E-state index < -0.39 is 0 Å². The maximum Gasteiger partial charge on any atom is 0.146 e. The standard InChI is InChI=1S/C8H14OS/c1-7(2)4-8(5-9)6-10-3/h4-5,7H,6H2,1-3H3. The lowest BCUT2D eigenvalue weighted by atomic mass is 10.1. The molecule has 0 aliphatic carbocycles. The molecule has 58 valence electrons. The summed E-state index contributed by atoms with van der Waals surface area (Å²) in [6, 6.07) is 0. The van der Waals surface area contributed by atoms with Crippen molar-refractivity contribution in [1.29, 1.82) is 0 Å². The molecule has 1 nitrogen and oxygen atoms in total. The molecule has 2 heteroatoms. The van der Waals surface area contributed by atoms with Crippen LogP contribution in [0.2, 0.25) is 0 Å². The molecule has 0 aromatic heterocycles. The van der Waals surface area contributed by atoms with Crippen LogP contribution in [-0.2, 0) is 4.79 Å². The van der Waals surface area contributed by atoms with Crippen molar-refractivity contribution in [3.05, 3.63) is 11.6 Å². The second kappa shape index (κ2) is 5.54. The lowest BCUT2D eigenvalue weighted by Gasteiger charge is -1.98. The Hall–Kier alpha value is -0.240. The molecule has 10 heavy (non-hydrogen) atoms. The van der Waals surface area contributed by atoms with Crippen LogP contribution in [0.4, 0.5) is 0 Å². The summed E-state index contributed by atoms with van der Waals surface area (Å²) in [6.07, 6.45) is 4.94. The first-order valence-electron chi connectivity index (χ1n) is 3.35. The van der Waals surface area contributed by atoms with Gasteiger partial charge in [-0.1, -0.05) is 19.9 Å². The maximum absolute atomic E-state index is 10.3. The first kappa shape index (κ1) is 9.76. The molecule has 0 amide bonds. The Balaban J connectivity index is 3.90. The van der Waals surface area contributed by atoms with Crippen LogP contribution in [0.5, 0.6) is 0 Å². The third-order valence-electron chi connectivity index (χ3n) is 1.01. The van der Waals surface area contributed by atoms with E-state index in [9.17, 15) is 4.79 Å². The molecular weight excluding hydrogens is 144 g/mol. The quantitative estimate of drug-likeness (QED) is 0.460. The van der Waals surface area contributed by atoms with Crippen LogP contribution in [0.25, 0.3) is 0 Å². The molecule has 0 saturated carbocycles. The number of rotatable bonds is 4. The van der Waals surface area contributed by atoms with E-state index in [2.05, 4.69) is 13.8 Å². The third kappa shape index (κ3) is 4.62. The number of carbonyl (C=O) groups excluding carboxylic acids is 1. The maximum atomic E-state index is 10.3. The SMILES string of the molecule is CSCC(C=O)=CC(C)C. The van der Waals surface area contributed by atoms with Crippen molar-refractivity contribution in [2.45, 2.75) is 13.8 Å². The number of hydrogen-bond donors (Lipinski definition) is 0. The van der Waals surface area contributed by atoms with Crippen LogP contribution in [0.1, 0.15) is 13.8 Å². The highest BCUT2D eigenvalue weighted by Gasteiger charge is 1.94. The summed E-state index contributed by atoms with van der Waals surface area (Å²) in [5.41, 5.74) is 0.905. The van der Waals surface area contributed by atoms with Gasteiger partial charge in [0.2, 0.25) is 0 Å². The summed E-state index contributed by atoms with van der Waals surface area (Å²) in [7, 11) is 0. The molecule has 0 aliphatic heterocycles. The Labute approximate surface area is 66.9 Å². The van der Waals surface area contributed by atoms with Gasteiger partial charge in [-0.15, -0.1) is 0 Å².